The highest BCUT2D eigenvalue weighted by atomic mass is 32.2. The molecule has 0 unspecified atom stereocenters. The zero-order chi connectivity index (χ0) is 21.3. The standard InChI is InChI=1S/C21H13F3N2O3S/c22-21(23,24)13-3-1-2-12(10-13)17-9-8-16(29-17)11-18-19(26-20(28)30-18)25-14-4-6-15(27)7-5-14/h1-11,27H,(H,25,26,28). The highest BCUT2D eigenvalue weighted by molar-refractivity contribution is 8.18. The number of halogens is 3. The number of aromatic hydroxyl groups is 1. The van der Waals surface area contributed by atoms with Crippen molar-refractivity contribution in [3.63, 3.8) is 0 Å². The molecule has 2 heterocycles. The fourth-order valence-electron chi connectivity index (χ4n) is 2.73. The Labute approximate surface area is 172 Å². The average Bonchev–Trinajstić information content (AvgIpc) is 3.30. The summed E-state index contributed by atoms with van der Waals surface area (Å²) in [7, 11) is 0. The third kappa shape index (κ3) is 4.41. The Kier molecular flexibility index (Phi) is 5.13. The summed E-state index contributed by atoms with van der Waals surface area (Å²) in [5.41, 5.74) is 0.0575. The second-order valence-corrected chi connectivity index (χ2v) is 7.30. The molecule has 0 atom stereocenters. The number of benzene rings is 2. The molecular weight excluding hydrogens is 417 g/mol. The lowest BCUT2D eigenvalue weighted by Gasteiger charge is -2.07. The third-order valence-corrected chi connectivity index (χ3v) is 4.94. The maximum absolute atomic E-state index is 12.9. The minimum Gasteiger partial charge on any atom is -0.508 e. The van der Waals surface area contributed by atoms with Crippen LogP contribution in [-0.4, -0.2) is 16.2 Å². The van der Waals surface area contributed by atoms with E-state index in [1.54, 1.807) is 30.3 Å². The molecule has 1 aliphatic heterocycles. The second kappa shape index (κ2) is 7.75. The summed E-state index contributed by atoms with van der Waals surface area (Å²) in [5.74, 6) is 1.04. The molecule has 0 radical (unpaired) electrons. The monoisotopic (exact) mass is 430 g/mol. The maximum Gasteiger partial charge on any atom is 0.416 e. The van der Waals surface area contributed by atoms with Crippen molar-refractivity contribution < 1.29 is 27.5 Å². The average molecular weight is 430 g/mol. The third-order valence-electron chi connectivity index (χ3n) is 4.12. The molecular formula is C21H13F3N2O3S. The smallest absolute Gasteiger partial charge is 0.416 e. The molecule has 30 heavy (non-hydrogen) atoms. The van der Waals surface area contributed by atoms with E-state index in [1.165, 1.54) is 24.3 Å². The van der Waals surface area contributed by atoms with E-state index in [2.05, 4.69) is 10.3 Å². The number of amides is 1. The molecule has 2 aromatic carbocycles. The molecule has 1 fully saturated rings. The molecule has 152 valence electrons. The Morgan fingerprint density at radius 3 is 2.57 bits per heavy atom. The molecule has 4 rings (SSSR count). The van der Waals surface area contributed by atoms with Crippen LogP contribution in [0, 0.1) is 0 Å². The topological polar surface area (TPSA) is 74.8 Å². The Morgan fingerprint density at radius 2 is 1.83 bits per heavy atom. The van der Waals surface area contributed by atoms with Crippen LogP contribution >= 0.6 is 11.8 Å². The minimum atomic E-state index is -4.44. The number of nitrogens with zero attached hydrogens (tertiary/aromatic N) is 1. The summed E-state index contributed by atoms with van der Waals surface area (Å²) in [6.07, 6.45) is -2.86. The number of carbonyl (C=O) groups is 1. The van der Waals surface area contributed by atoms with E-state index in [0.29, 0.717) is 27.8 Å². The first-order chi connectivity index (χ1) is 14.3. The number of rotatable bonds is 3. The molecule has 0 aliphatic carbocycles. The first-order valence-corrected chi connectivity index (χ1v) is 9.46. The summed E-state index contributed by atoms with van der Waals surface area (Å²) < 4.78 is 44.5. The first kappa shape index (κ1) is 19.8. The Bertz CT molecular complexity index is 1160. The van der Waals surface area contributed by atoms with Crippen LogP contribution in [0.15, 0.2) is 75.0 Å². The molecule has 0 saturated carbocycles. The van der Waals surface area contributed by atoms with Gasteiger partial charge in [-0.25, -0.2) is 4.99 Å². The van der Waals surface area contributed by atoms with Crippen LogP contribution in [0.1, 0.15) is 11.3 Å². The van der Waals surface area contributed by atoms with Gasteiger partial charge in [-0.15, -0.1) is 0 Å². The van der Waals surface area contributed by atoms with Gasteiger partial charge < -0.3 is 14.8 Å². The summed E-state index contributed by atoms with van der Waals surface area (Å²) in [4.78, 5) is 16.7. The SMILES string of the molecule is O=C1NC(=Nc2ccc(O)cc2)C(=Cc2ccc(-c3cccc(C(F)(F)F)c3)o2)S1. The van der Waals surface area contributed by atoms with Crippen LogP contribution in [0.3, 0.4) is 0 Å². The van der Waals surface area contributed by atoms with Crippen LogP contribution < -0.4 is 5.32 Å². The van der Waals surface area contributed by atoms with Gasteiger partial charge in [-0.2, -0.15) is 13.2 Å². The van der Waals surface area contributed by atoms with Gasteiger partial charge in [-0.05, 0) is 66.4 Å². The van der Waals surface area contributed by atoms with Crippen LogP contribution in [0.5, 0.6) is 5.75 Å². The van der Waals surface area contributed by atoms with E-state index in [4.69, 9.17) is 4.42 Å². The predicted octanol–water partition coefficient (Wildman–Crippen LogP) is 6.20. The van der Waals surface area contributed by atoms with Crippen molar-refractivity contribution in [2.75, 3.05) is 0 Å². The molecule has 1 saturated heterocycles. The number of furan rings is 1. The molecule has 1 aliphatic rings. The van der Waals surface area contributed by atoms with Gasteiger partial charge >= 0.3 is 6.18 Å². The van der Waals surface area contributed by atoms with Gasteiger partial charge in [0.25, 0.3) is 5.24 Å². The number of hydrogen-bond acceptors (Lipinski definition) is 5. The van der Waals surface area contributed by atoms with E-state index in [-0.39, 0.29) is 16.7 Å². The first-order valence-electron chi connectivity index (χ1n) is 8.64. The molecule has 0 bridgehead atoms. The summed E-state index contributed by atoms with van der Waals surface area (Å²) >= 11 is 0.924. The maximum atomic E-state index is 12.9. The zero-order valence-electron chi connectivity index (χ0n) is 15.1. The number of aliphatic imine (C=N–C) groups is 1. The van der Waals surface area contributed by atoms with E-state index >= 15 is 0 Å². The van der Waals surface area contributed by atoms with Gasteiger partial charge in [-0.1, -0.05) is 12.1 Å². The molecule has 0 spiro atoms. The van der Waals surface area contributed by atoms with Crippen molar-refractivity contribution >= 4 is 34.6 Å². The van der Waals surface area contributed by atoms with Gasteiger partial charge in [0.2, 0.25) is 0 Å². The lowest BCUT2D eigenvalue weighted by atomic mass is 10.1. The molecule has 9 heteroatoms. The fraction of sp³-hybridized carbons (Fsp3) is 0.0476. The number of thioether (sulfide) groups is 1. The van der Waals surface area contributed by atoms with Gasteiger partial charge in [-0.3, -0.25) is 4.79 Å². The molecule has 1 amide bonds. The van der Waals surface area contributed by atoms with Gasteiger partial charge in [0.15, 0.2) is 0 Å². The minimum absolute atomic E-state index is 0.0947. The summed E-state index contributed by atoms with van der Waals surface area (Å²) in [5, 5.41) is 11.7. The fourth-order valence-corrected chi connectivity index (χ4v) is 3.45. The van der Waals surface area contributed by atoms with Crippen molar-refractivity contribution in [2.24, 2.45) is 4.99 Å². The molecule has 1 aromatic heterocycles. The number of phenolic OH excluding ortho intramolecular Hbond substituents is 1. The van der Waals surface area contributed by atoms with Crippen LogP contribution in [0.4, 0.5) is 23.7 Å². The number of hydrogen-bond donors (Lipinski definition) is 2. The van der Waals surface area contributed by atoms with Crippen LogP contribution in [0.2, 0.25) is 0 Å². The zero-order valence-corrected chi connectivity index (χ0v) is 15.9. The van der Waals surface area contributed by atoms with E-state index < -0.39 is 11.7 Å². The quantitative estimate of drug-likeness (QED) is 0.519. The Morgan fingerprint density at radius 1 is 1.07 bits per heavy atom. The lowest BCUT2D eigenvalue weighted by Crippen LogP contribution is -2.18. The van der Waals surface area contributed by atoms with Crippen molar-refractivity contribution in [1.82, 2.24) is 5.32 Å². The number of amidine groups is 1. The molecule has 3 aromatic rings. The van der Waals surface area contributed by atoms with Crippen LogP contribution in [0.25, 0.3) is 17.4 Å². The van der Waals surface area contributed by atoms with E-state index in [9.17, 15) is 23.1 Å². The Balaban J connectivity index is 1.63. The van der Waals surface area contributed by atoms with Crippen molar-refractivity contribution in [1.29, 1.82) is 0 Å². The van der Waals surface area contributed by atoms with Gasteiger partial charge in [0.1, 0.15) is 23.1 Å². The normalized spacial score (nSPS) is 17.0. The van der Waals surface area contributed by atoms with E-state index in [1.807, 2.05) is 0 Å². The van der Waals surface area contributed by atoms with Crippen molar-refractivity contribution in [3.8, 4) is 17.1 Å². The number of phenols is 1. The highest BCUT2D eigenvalue weighted by Gasteiger charge is 2.30. The van der Waals surface area contributed by atoms with Gasteiger partial charge in [0, 0.05) is 5.56 Å². The molecule has 5 nitrogen and oxygen atoms in total. The van der Waals surface area contributed by atoms with Gasteiger partial charge in [0.05, 0.1) is 16.2 Å². The Hall–Kier alpha value is -3.46. The molecule has 2 N–H and O–H groups in total. The summed E-state index contributed by atoms with van der Waals surface area (Å²) in [6.45, 7) is 0. The lowest BCUT2D eigenvalue weighted by molar-refractivity contribution is -0.137. The second-order valence-electron chi connectivity index (χ2n) is 6.28. The summed E-state index contributed by atoms with van der Waals surface area (Å²) in [6, 6.07) is 14.1. The van der Waals surface area contributed by atoms with E-state index in [0.717, 1.165) is 23.9 Å². The van der Waals surface area contributed by atoms with Crippen molar-refractivity contribution in [2.45, 2.75) is 6.18 Å². The highest BCUT2D eigenvalue weighted by Crippen LogP contribution is 2.34. The number of alkyl halides is 3. The largest absolute Gasteiger partial charge is 0.508 e. The number of carbonyl (C=O) groups excluding carboxylic acids is 1. The number of nitrogens with one attached hydrogen (secondary N) is 1. The predicted molar refractivity (Wildman–Crippen MR) is 108 cm³/mol. The van der Waals surface area contributed by atoms with Crippen molar-refractivity contribution in [3.05, 3.63) is 76.9 Å². The van der Waals surface area contributed by atoms with Crippen LogP contribution in [-0.2, 0) is 6.18 Å².